The molecule has 5 rings (SSSR count). The van der Waals surface area contributed by atoms with Crippen LogP contribution >= 0.6 is 0 Å². The first-order chi connectivity index (χ1) is 22.2. The monoisotopic (exact) mass is 682 g/mol. The smallest absolute Gasteiger partial charge is 0.475 e. The predicted molar refractivity (Wildman–Crippen MR) is 158 cm³/mol. The van der Waals surface area contributed by atoms with E-state index in [-0.39, 0.29) is 11.3 Å². The Morgan fingerprint density at radius 3 is 1.96 bits per heavy atom. The first kappa shape index (κ1) is 36.8. The number of carbonyl (C=O) groups is 3. The summed E-state index contributed by atoms with van der Waals surface area (Å²) in [7, 11) is 0. The molecule has 6 N–H and O–H groups in total. The summed E-state index contributed by atoms with van der Waals surface area (Å²) >= 11 is 0. The molecule has 1 amide bonds. The van der Waals surface area contributed by atoms with E-state index in [1.807, 2.05) is 48.5 Å². The maximum atomic E-state index is 12.1. The van der Waals surface area contributed by atoms with E-state index in [0.29, 0.717) is 17.3 Å². The number of benzene rings is 1. The van der Waals surface area contributed by atoms with Gasteiger partial charge in [-0.15, -0.1) is 0 Å². The first-order valence-corrected chi connectivity index (χ1v) is 13.6. The number of aromatic nitrogens is 4. The number of alkyl halides is 6. The number of halogens is 6. The Kier molecular flexibility index (Phi) is 11.0. The number of H-pyrrole nitrogens is 1. The van der Waals surface area contributed by atoms with Crippen molar-refractivity contribution >= 4 is 29.5 Å². The van der Waals surface area contributed by atoms with Crippen molar-refractivity contribution in [2.24, 2.45) is 11.1 Å². The van der Waals surface area contributed by atoms with Gasteiger partial charge >= 0.3 is 30.4 Å². The fraction of sp³-hybridized carbons (Fsp3) is 0.267. The van der Waals surface area contributed by atoms with Crippen LogP contribution < -0.4 is 11.1 Å². The Bertz CT molecular complexity index is 1670. The summed E-state index contributed by atoms with van der Waals surface area (Å²) in [5.41, 5.74) is 10.4. The number of fused-ring (bicyclic) bond motifs is 5. The highest BCUT2D eigenvalue weighted by molar-refractivity contribution is 5.94. The summed E-state index contributed by atoms with van der Waals surface area (Å²) in [4.78, 5) is 47.1. The van der Waals surface area contributed by atoms with Crippen molar-refractivity contribution in [2.45, 2.75) is 45.1 Å². The molecule has 0 radical (unpaired) electrons. The first-order valence-electron chi connectivity index (χ1n) is 13.6. The van der Waals surface area contributed by atoms with Crippen LogP contribution in [-0.4, -0.2) is 60.5 Å². The van der Waals surface area contributed by atoms with Gasteiger partial charge in [-0.25, -0.2) is 24.4 Å². The van der Waals surface area contributed by atoms with Gasteiger partial charge in [-0.3, -0.25) is 4.98 Å². The van der Waals surface area contributed by atoms with Gasteiger partial charge in [0, 0.05) is 29.4 Å². The van der Waals surface area contributed by atoms with Crippen molar-refractivity contribution < 1.29 is 55.7 Å². The number of primary amides is 1. The fourth-order valence-corrected chi connectivity index (χ4v) is 4.65. The van der Waals surface area contributed by atoms with Crippen molar-refractivity contribution in [1.29, 1.82) is 0 Å². The van der Waals surface area contributed by atoms with E-state index in [1.54, 1.807) is 18.6 Å². The number of aromatic amines is 1. The lowest BCUT2D eigenvalue weighted by molar-refractivity contribution is -0.193. The van der Waals surface area contributed by atoms with Gasteiger partial charge in [-0.1, -0.05) is 51.1 Å². The zero-order chi connectivity index (χ0) is 36.0. The summed E-state index contributed by atoms with van der Waals surface area (Å²) in [5.74, 6) is -4.53. The number of hydrogen-bond acceptors (Lipinski definition) is 8. The topological polar surface area (TPSA) is 193 Å². The quantitative estimate of drug-likeness (QED) is 0.126. The van der Waals surface area contributed by atoms with Crippen LogP contribution in [0, 0.1) is 5.41 Å². The van der Waals surface area contributed by atoms with Gasteiger partial charge < -0.3 is 31.0 Å². The molecular weight excluding hydrogens is 654 g/mol. The Morgan fingerprint density at radius 2 is 1.44 bits per heavy atom. The number of nitrogens with one attached hydrogen (secondary N) is 2. The van der Waals surface area contributed by atoms with Crippen molar-refractivity contribution in [1.82, 2.24) is 19.9 Å². The Labute approximate surface area is 268 Å². The third-order valence-corrected chi connectivity index (χ3v) is 6.52. The van der Waals surface area contributed by atoms with Gasteiger partial charge in [0.1, 0.15) is 17.3 Å². The summed E-state index contributed by atoms with van der Waals surface area (Å²) in [5, 5.41) is 17.6. The van der Waals surface area contributed by atoms with E-state index in [0.717, 1.165) is 28.1 Å². The van der Waals surface area contributed by atoms with Crippen molar-refractivity contribution in [3.05, 3.63) is 78.5 Å². The second-order valence-electron chi connectivity index (χ2n) is 11.0. The minimum atomic E-state index is -5.08. The number of carbonyl (C=O) groups excluding carboxylic acids is 1. The highest BCUT2D eigenvalue weighted by Crippen LogP contribution is 2.48. The molecule has 0 fully saturated rings. The number of anilines is 2. The number of imidazole rings is 1. The zero-order valence-electron chi connectivity index (χ0n) is 25.2. The van der Waals surface area contributed by atoms with Crippen LogP contribution in [-0.2, 0) is 14.3 Å². The minimum Gasteiger partial charge on any atom is -0.475 e. The number of ether oxygens (including phenoxy) is 1. The number of pyridine rings is 2. The van der Waals surface area contributed by atoms with Crippen molar-refractivity contribution in [3.8, 4) is 22.5 Å². The summed E-state index contributed by atoms with van der Waals surface area (Å²) in [6, 6.07) is 15.7. The normalized spacial score (nSPS) is 13.2. The largest absolute Gasteiger partial charge is 0.490 e. The lowest BCUT2D eigenvalue weighted by Crippen LogP contribution is -2.30. The molecule has 4 heterocycles. The van der Waals surface area contributed by atoms with E-state index < -0.39 is 36.5 Å². The maximum Gasteiger partial charge on any atom is 0.490 e. The molecule has 0 spiro atoms. The summed E-state index contributed by atoms with van der Waals surface area (Å²) in [6.45, 7) is 6.33. The van der Waals surface area contributed by atoms with E-state index >= 15 is 0 Å². The highest BCUT2D eigenvalue weighted by atomic mass is 19.4. The molecule has 18 heteroatoms. The maximum absolute atomic E-state index is 12.1. The number of carboxylic acid groups (broad SMARTS) is 2. The second kappa shape index (κ2) is 14.4. The lowest BCUT2D eigenvalue weighted by atomic mass is 9.73. The van der Waals surface area contributed by atoms with Crippen LogP contribution in [0.1, 0.15) is 44.2 Å². The molecule has 48 heavy (non-hydrogen) atoms. The van der Waals surface area contributed by atoms with Crippen LogP contribution in [0.25, 0.3) is 22.5 Å². The highest BCUT2D eigenvalue weighted by Gasteiger charge is 2.40. The molecule has 4 aromatic rings. The number of nitrogens with two attached hydrogens (primary N) is 1. The molecular formula is C30H28F6N6O6. The molecule has 2 atom stereocenters. The molecule has 1 aromatic carbocycles. The van der Waals surface area contributed by atoms with Crippen LogP contribution in [0.2, 0.25) is 0 Å². The zero-order valence-corrected chi connectivity index (χ0v) is 25.2. The number of rotatable bonds is 4. The second-order valence-corrected chi connectivity index (χ2v) is 11.0. The molecule has 0 aliphatic carbocycles. The van der Waals surface area contributed by atoms with E-state index in [2.05, 4.69) is 41.0 Å². The third-order valence-electron chi connectivity index (χ3n) is 6.52. The number of hydrogen-bond donors (Lipinski definition) is 5. The average Bonchev–Trinajstić information content (AvgIpc) is 3.37. The van der Waals surface area contributed by atoms with Gasteiger partial charge in [0.25, 0.3) is 0 Å². The van der Waals surface area contributed by atoms with Crippen molar-refractivity contribution in [2.75, 3.05) is 5.32 Å². The van der Waals surface area contributed by atoms with Crippen LogP contribution in [0.4, 0.5) is 42.6 Å². The minimum absolute atomic E-state index is 0.209. The number of carboxylic acids is 2. The summed E-state index contributed by atoms with van der Waals surface area (Å²) < 4.78 is 69.2. The van der Waals surface area contributed by atoms with E-state index in [9.17, 15) is 31.1 Å². The number of aliphatic carboxylic acids is 2. The number of amides is 1. The van der Waals surface area contributed by atoms with Crippen molar-refractivity contribution in [3.63, 3.8) is 0 Å². The SMILES string of the molecule is CC(C)(C)C(c1ccccc1)C(OC(N)=O)c1nc2c([nH]1)-c1ccncc1Nc1ncccc1-2.O=C(O)C(F)(F)F.O=C(O)C(F)(F)F. The standard InChI is InChI=1S/C26H26N6O2.2C2HF3O2/c1-26(2,3)19(15-8-5-4-6-9-15)22(34-25(27)33)24-31-20-16-11-13-28-14-18(16)30-23-17(21(20)32-24)10-7-12-29-23;2*3-2(4,5)1(6)7/h4-14,19,22H,1-3H3,(H2,27,33)(H,29,30)(H,31,32);2*(H,6,7). The molecule has 1 aliphatic heterocycles. The number of nitrogens with zero attached hydrogens (tertiary/aromatic N) is 3. The Balaban J connectivity index is 0.000000376. The third kappa shape index (κ3) is 9.20. The van der Waals surface area contributed by atoms with E-state index in [4.69, 9.17) is 35.3 Å². The summed E-state index contributed by atoms with van der Waals surface area (Å²) in [6.07, 6.45) is -6.54. The average molecular weight is 683 g/mol. The Hall–Kier alpha value is -5.68. The van der Waals surface area contributed by atoms with Crippen LogP contribution in [0.15, 0.2) is 67.1 Å². The van der Waals surface area contributed by atoms with Crippen LogP contribution in [0.5, 0.6) is 0 Å². The lowest BCUT2D eigenvalue weighted by Gasteiger charge is -2.35. The predicted octanol–water partition coefficient (Wildman–Crippen LogP) is 6.82. The molecule has 0 saturated carbocycles. The molecule has 256 valence electrons. The van der Waals surface area contributed by atoms with Gasteiger partial charge in [0.15, 0.2) is 6.10 Å². The molecule has 3 aromatic heterocycles. The molecule has 12 nitrogen and oxygen atoms in total. The van der Waals surface area contributed by atoms with E-state index in [1.165, 1.54) is 0 Å². The van der Waals surface area contributed by atoms with Gasteiger partial charge in [0.2, 0.25) is 0 Å². The molecule has 1 aliphatic rings. The molecule has 0 bridgehead atoms. The van der Waals surface area contributed by atoms with Gasteiger partial charge in [0.05, 0.1) is 17.6 Å². The van der Waals surface area contributed by atoms with Gasteiger partial charge in [-0.05, 0) is 29.2 Å². The van der Waals surface area contributed by atoms with Gasteiger partial charge in [-0.2, -0.15) is 26.3 Å². The molecule has 0 saturated heterocycles. The Morgan fingerprint density at radius 1 is 0.854 bits per heavy atom. The van der Waals surface area contributed by atoms with Crippen LogP contribution in [0.3, 0.4) is 0 Å². The fourth-order valence-electron chi connectivity index (χ4n) is 4.65. The molecule has 2 unspecified atom stereocenters.